The van der Waals surface area contributed by atoms with Crippen molar-refractivity contribution in [3.8, 4) is 0 Å². The van der Waals surface area contributed by atoms with Crippen LogP contribution in [0.3, 0.4) is 0 Å². The number of hydrogen-bond acceptors (Lipinski definition) is 4. The largest absolute Gasteiger partial charge is 0.545 e. The Morgan fingerprint density at radius 3 is 2.88 bits per heavy atom. The van der Waals surface area contributed by atoms with E-state index in [1.165, 1.54) is 6.08 Å². The Labute approximate surface area is 90.1 Å². The average molecular weight is 215 g/mol. The first-order valence-corrected chi connectivity index (χ1v) is 4.55. The molecule has 0 saturated heterocycles. The lowest BCUT2D eigenvalue weighted by atomic mass is 10.2. The van der Waals surface area contributed by atoms with E-state index in [1.54, 1.807) is 24.3 Å². The SMILES string of the molecule is O=C([O-])/C=C/c1nc2ccccc2c(=O)[nH]1. The Hall–Kier alpha value is -2.43. The van der Waals surface area contributed by atoms with Crippen LogP contribution >= 0.6 is 0 Å². The van der Waals surface area contributed by atoms with Crippen molar-refractivity contribution in [3.63, 3.8) is 0 Å². The van der Waals surface area contributed by atoms with Crippen LogP contribution in [0, 0.1) is 0 Å². The first kappa shape index (κ1) is 10.1. The van der Waals surface area contributed by atoms with Gasteiger partial charge in [-0.2, -0.15) is 0 Å². The number of para-hydroxylation sites is 1. The average Bonchev–Trinajstić information content (AvgIpc) is 2.26. The molecule has 5 nitrogen and oxygen atoms in total. The Morgan fingerprint density at radius 1 is 1.38 bits per heavy atom. The number of aliphatic carboxylic acids is 1. The van der Waals surface area contributed by atoms with Gasteiger partial charge in [-0.3, -0.25) is 4.79 Å². The molecule has 1 aromatic heterocycles. The lowest BCUT2D eigenvalue weighted by Crippen LogP contribution is -2.18. The van der Waals surface area contributed by atoms with E-state index < -0.39 is 5.97 Å². The highest BCUT2D eigenvalue weighted by Crippen LogP contribution is 2.05. The molecule has 0 saturated carbocycles. The normalized spacial score (nSPS) is 11.0. The number of nitrogens with zero attached hydrogens (tertiary/aromatic N) is 1. The van der Waals surface area contributed by atoms with Crippen molar-refractivity contribution in [2.45, 2.75) is 0 Å². The summed E-state index contributed by atoms with van der Waals surface area (Å²) < 4.78 is 0. The zero-order chi connectivity index (χ0) is 11.5. The van der Waals surface area contributed by atoms with E-state index in [9.17, 15) is 14.7 Å². The number of rotatable bonds is 2. The second-order valence-corrected chi connectivity index (χ2v) is 3.12. The third-order valence-electron chi connectivity index (χ3n) is 2.01. The smallest absolute Gasteiger partial charge is 0.259 e. The van der Waals surface area contributed by atoms with Gasteiger partial charge in [0.25, 0.3) is 5.56 Å². The number of hydrogen-bond donors (Lipinski definition) is 1. The van der Waals surface area contributed by atoms with E-state index in [4.69, 9.17) is 0 Å². The maximum atomic E-state index is 11.6. The minimum Gasteiger partial charge on any atom is -0.545 e. The number of fused-ring (bicyclic) bond motifs is 1. The number of carbonyl (C=O) groups excluding carboxylic acids is 1. The summed E-state index contributed by atoms with van der Waals surface area (Å²) in [4.78, 5) is 28.3. The molecule has 0 radical (unpaired) electrons. The van der Waals surface area contributed by atoms with Crippen molar-refractivity contribution in [2.24, 2.45) is 0 Å². The molecule has 80 valence electrons. The van der Waals surface area contributed by atoms with Crippen LogP contribution in [0.15, 0.2) is 35.1 Å². The van der Waals surface area contributed by atoms with Crippen molar-refractivity contribution in [1.29, 1.82) is 0 Å². The molecule has 0 spiro atoms. The summed E-state index contributed by atoms with van der Waals surface area (Å²) >= 11 is 0. The van der Waals surface area contributed by atoms with Gasteiger partial charge in [-0.25, -0.2) is 4.98 Å². The highest BCUT2D eigenvalue weighted by molar-refractivity contribution is 5.83. The number of benzene rings is 1. The maximum Gasteiger partial charge on any atom is 0.259 e. The summed E-state index contributed by atoms with van der Waals surface area (Å²) in [5, 5.41) is 10.7. The Kier molecular flexibility index (Phi) is 2.51. The summed E-state index contributed by atoms with van der Waals surface area (Å²) in [6.45, 7) is 0. The summed E-state index contributed by atoms with van der Waals surface area (Å²) in [6.07, 6.45) is 2.00. The zero-order valence-corrected chi connectivity index (χ0v) is 8.14. The fraction of sp³-hybridized carbons (Fsp3) is 0. The molecule has 0 atom stereocenters. The van der Waals surface area contributed by atoms with Gasteiger partial charge in [-0.15, -0.1) is 0 Å². The van der Waals surface area contributed by atoms with Gasteiger partial charge in [0, 0.05) is 0 Å². The first-order valence-electron chi connectivity index (χ1n) is 4.55. The molecule has 5 heteroatoms. The molecule has 2 aromatic rings. The number of carboxylic acid groups (broad SMARTS) is 1. The van der Waals surface area contributed by atoms with Gasteiger partial charge < -0.3 is 14.9 Å². The molecule has 2 rings (SSSR count). The number of aromatic amines is 1. The number of H-pyrrole nitrogens is 1. The highest BCUT2D eigenvalue weighted by atomic mass is 16.4. The molecule has 0 bridgehead atoms. The Balaban J connectivity index is 2.58. The van der Waals surface area contributed by atoms with Crippen molar-refractivity contribution < 1.29 is 9.90 Å². The lowest BCUT2D eigenvalue weighted by molar-refractivity contribution is -0.297. The van der Waals surface area contributed by atoms with Crippen LogP contribution in [0.4, 0.5) is 0 Å². The van der Waals surface area contributed by atoms with Gasteiger partial charge in [-0.05, 0) is 24.3 Å². The van der Waals surface area contributed by atoms with E-state index in [0.29, 0.717) is 10.9 Å². The van der Waals surface area contributed by atoms with E-state index in [2.05, 4.69) is 9.97 Å². The van der Waals surface area contributed by atoms with Crippen LogP contribution in [0.5, 0.6) is 0 Å². The molecule has 0 amide bonds. The van der Waals surface area contributed by atoms with Crippen LogP contribution in [-0.4, -0.2) is 15.9 Å². The second-order valence-electron chi connectivity index (χ2n) is 3.12. The monoisotopic (exact) mass is 215 g/mol. The molecular formula is C11H7N2O3-. The van der Waals surface area contributed by atoms with Crippen molar-refractivity contribution in [3.05, 3.63) is 46.5 Å². The topological polar surface area (TPSA) is 85.9 Å². The summed E-state index contributed by atoms with van der Waals surface area (Å²) in [5.74, 6) is -1.15. The van der Waals surface area contributed by atoms with Gasteiger partial charge in [0.1, 0.15) is 5.82 Å². The minimum absolute atomic E-state index is 0.188. The standard InChI is InChI=1S/C11H8N2O3/c14-10(15)6-5-9-12-8-4-2-1-3-7(8)11(16)13-9/h1-6H,(H,14,15)(H,12,13,16)/p-1/b6-5+. The number of carboxylic acids is 1. The van der Waals surface area contributed by atoms with Gasteiger partial charge in [0.15, 0.2) is 0 Å². The Morgan fingerprint density at radius 2 is 2.12 bits per heavy atom. The number of nitrogens with one attached hydrogen (secondary N) is 1. The van der Waals surface area contributed by atoms with E-state index in [-0.39, 0.29) is 11.4 Å². The predicted molar refractivity (Wildman–Crippen MR) is 56.4 cm³/mol. The predicted octanol–water partition coefficient (Wildman–Crippen LogP) is -0.314. The van der Waals surface area contributed by atoms with E-state index in [1.807, 2.05) is 0 Å². The number of carbonyl (C=O) groups is 1. The summed E-state index contributed by atoms with van der Waals surface area (Å²) in [5.41, 5.74) is 0.216. The molecule has 1 N–H and O–H groups in total. The van der Waals surface area contributed by atoms with Crippen molar-refractivity contribution >= 4 is 22.9 Å². The Bertz CT molecular complexity index is 628. The van der Waals surface area contributed by atoms with Crippen LogP contribution in [-0.2, 0) is 4.79 Å². The van der Waals surface area contributed by atoms with Gasteiger partial charge in [-0.1, -0.05) is 12.1 Å². The molecule has 1 aromatic carbocycles. The van der Waals surface area contributed by atoms with E-state index in [0.717, 1.165) is 6.08 Å². The van der Waals surface area contributed by atoms with Crippen LogP contribution in [0.2, 0.25) is 0 Å². The molecule has 0 fully saturated rings. The van der Waals surface area contributed by atoms with Crippen molar-refractivity contribution in [1.82, 2.24) is 9.97 Å². The molecule has 0 aliphatic rings. The second kappa shape index (κ2) is 3.98. The van der Waals surface area contributed by atoms with E-state index >= 15 is 0 Å². The van der Waals surface area contributed by atoms with Gasteiger partial charge in [0.2, 0.25) is 0 Å². The maximum absolute atomic E-state index is 11.6. The quantitative estimate of drug-likeness (QED) is 0.696. The first-order chi connectivity index (χ1) is 7.66. The fourth-order valence-electron chi connectivity index (χ4n) is 1.33. The molecule has 0 aliphatic carbocycles. The minimum atomic E-state index is -1.34. The highest BCUT2D eigenvalue weighted by Gasteiger charge is 1.99. The van der Waals surface area contributed by atoms with Crippen molar-refractivity contribution in [2.75, 3.05) is 0 Å². The molecular weight excluding hydrogens is 208 g/mol. The number of aromatic nitrogens is 2. The molecule has 0 unspecified atom stereocenters. The van der Waals surface area contributed by atoms with Crippen LogP contribution in [0.1, 0.15) is 5.82 Å². The summed E-state index contributed by atoms with van der Waals surface area (Å²) in [6, 6.07) is 6.81. The van der Waals surface area contributed by atoms with Gasteiger partial charge in [0.05, 0.1) is 16.9 Å². The third kappa shape index (κ3) is 1.98. The summed E-state index contributed by atoms with van der Waals surface area (Å²) in [7, 11) is 0. The molecule has 0 aliphatic heterocycles. The van der Waals surface area contributed by atoms with Gasteiger partial charge >= 0.3 is 0 Å². The third-order valence-corrected chi connectivity index (χ3v) is 2.01. The van der Waals surface area contributed by atoms with Crippen LogP contribution < -0.4 is 10.7 Å². The zero-order valence-electron chi connectivity index (χ0n) is 8.14. The fourth-order valence-corrected chi connectivity index (χ4v) is 1.33. The lowest BCUT2D eigenvalue weighted by Gasteiger charge is -1.98. The molecule has 16 heavy (non-hydrogen) atoms. The van der Waals surface area contributed by atoms with Crippen LogP contribution in [0.25, 0.3) is 17.0 Å². The molecule has 1 heterocycles.